The van der Waals surface area contributed by atoms with Crippen molar-refractivity contribution < 1.29 is 18.7 Å². The number of allylic oxidation sites excluding steroid dienone is 1. The lowest BCUT2D eigenvalue weighted by Gasteiger charge is -2.39. The van der Waals surface area contributed by atoms with Crippen LogP contribution >= 0.6 is 0 Å². The Morgan fingerprint density at radius 3 is 2.37 bits per heavy atom. The first-order valence-electron chi connectivity index (χ1n) is 6.70. The van der Waals surface area contributed by atoms with Crippen LogP contribution in [0, 0.1) is 11.8 Å². The van der Waals surface area contributed by atoms with E-state index in [1.165, 1.54) is 0 Å². The molecular formula is C13H20F2N2O2. The number of hydrogen-bond acceptors (Lipinski definition) is 2. The van der Waals surface area contributed by atoms with E-state index in [-0.39, 0.29) is 18.8 Å². The molecule has 6 heteroatoms. The van der Waals surface area contributed by atoms with E-state index in [1.807, 2.05) is 0 Å². The molecule has 108 valence electrons. The molecule has 0 spiro atoms. The Labute approximate surface area is 111 Å². The van der Waals surface area contributed by atoms with Crippen molar-refractivity contribution in [1.29, 1.82) is 0 Å². The predicted molar refractivity (Wildman–Crippen MR) is 66.9 cm³/mol. The minimum Gasteiger partial charge on any atom is -0.465 e. The van der Waals surface area contributed by atoms with Crippen LogP contribution in [0.2, 0.25) is 0 Å². The van der Waals surface area contributed by atoms with Gasteiger partial charge in [0.25, 0.3) is 0 Å². The third kappa shape index (κ3) is 3.36. The van der Waals surface area contributed by atoms with Crippen LogP contribution in [0.3, 0.4) is 0 Å². The molecule has 19 heavy (non-hydrogen) atoms. The van der Waals surface area contributed by atoms with Crippen molar-refractivity contribution in [1.82, 2.24) is 10.6 Å². The van der Waals surface area contributed by atoms with Crippen LogP contribution in [-0.2, 0) is 0 Å². The van der Waals surface area contributed by atoms with Gasteiger partial charge in [-0.3, -0.25) is 5.32 Å². The number of amides is 1. The van der Waals surface area contributed by atoms with Crippen LogP contribution in [0.1, 0.15) is 38.5 Å². The predicted octanol–water partition coefficient (Wildman–Crippen LogP) is 2.92. The highest BCUT2D eigenvalue weighted by Gasteiger charge is 2.46. The molecule has 0 saturated heterocycles. The summed E-state index contributed by atoms with van der Waals surface area (Å²) in [6, 6.07) is 0. The van der Waals surface area contributed by atoms with Crippen LogP contribution < -0.4 is 10.6 Å². The Hall–Kier alpha value is -1.33. The quantitative estimate of drug-likeness (QED) is 0.722. The van der Waals surface area contributed by atoms with Crippen molar-refractivity contribution in [2.75, 3.05) is 7.05 Å². The highest BCUT2D eigenvalue weighted by atomic mass is 19.3. The van der Waals surface area contributed by atoms with Gasteiger partial charge in [0.05, 0.1) is 0 Å². The third-order valence-electron chi connectivity index (χ3n) is 4.08. The van der Waals surface area contributed by atoms with E-state index in [2.05, 4.69) is 10.6 Å². The van der Waals surface area contributed by atoms with Gasteiger partial charge < -0.3 is 10.4 Å². The number of halogens is 2. The molecule has 0 atom stereocenters. The SMILES string of the molecule is CN/C(NC(=O)O)=C(\CC1CC(F)(F)C1)C1CCC1. The fourth-order valence-corrected chi connectivity index (χ4v) is 2.88. The summed E-state index contributed by atoms with van der Waals surface area (Å²) in [4.78, 5) is 10.8. The second kappa shape index (κ2) is 5.35. The molecule has 2 aliphatic rings. The maximum absolute atomic E-state index is 12.9. The minimum absolute atomic E-state index is 0.0236. The minimum atomic E-state index is -2.52. The summed E-state index contributed by atoms with van der Waals surface area (Å²) in [5, 5.41) is 14.0. The summed E-state index contributed by atoms with van der Waals surface area (Å²) >= 11 is 0. The molecule has 2 rings (SSSR count). The Bertz CT molecular complexity index is 384. The van der Waals surface area contributed by atoms with Crippen molar-refractivity contribution in [3.05, 3.63) is 11.4 Å². The van der Waals surface area contributed by atoms with E-state index in [0.717, 1.165) is 24.8 Å². The molecule has 2 aliphatic carbocycles. The van der Waals surface area contributed by atoms with Gasteiger partial charge in [0, 0.05) is 19.9 Å². The zero-order valence-corrected chi connectivity index (χ0v) is 11.0. The van der Waals surface area contributed by atoms with E-state index in [0.29, 0.717) is 18.2 Å². The van der Waals surface area contributed by atoms with Crippen LogP contribution in [0.5, 0.6) is 0 Å². The molecule has 0 aromatic carbocycles. The van der Waals surface area contributed by atoms with Crippen LogP contribution in [-0.4, -0.2) is 24.2 Å². The number of rotatable bonds is 5. The molecule has 2 saturated carbocycles. The highest BCUT2D eigenvalue weighted by molar-refractivity contribution is 5.67. The van der Waals surface area contributed by atoms with Gasteiger partial charge in [0.15, 0.2) is 0 Å². The van der Waals surface area contributed by atoms with Crippen molar-refractivity contribution in [3.8, 4) is 0 Å². The monoisotopic (exact) mass is 274 g/mol. The zero-order valence-electron chi connectivity index (χ0n) is 11.0. The molecule has 2 fully saturated rings. The molecule has 3 N–H and O–H groups in total. The molecule has 1 amide bonds. The van der Waals surface area contributed by atoms with Gasteiger partial charge in [-0.15, -0.1) is 0 Å². The number of carbonyl (C=O) groups is 1. The smallest absolute Gasteiger partial charge is 0.410 e. The molecule has 0 bridgehead atoms. The van der Waals surface area contributed by atoms with E-state index in [9.17, 15) is 13.6 Å². The number of alkyl halides is 2. The molecule has 0 aromatic rings. The van der Waals surface area contributed by atoms with Crippen molar-refractivity contribution in [2.24, 2.45) is 11.8 Å². The number of hydrogen-bond donors (Lipinski definition) is 3. The standard InChI is InChI=1S/C13H20F2N2O2/c1-16-11(17-12(18)19)10(9-3-2-4-9)5-8-6-13(14,15)7-8/h8-9,16-17H,2-7H2,1H3,(H,18,19)/b11-10-. The summed E-state index contributed by atoms with van der Waals surface area (Å²) in [7, 11) is 1.65. The fourth-order valence-electron chi connectivity index (χ4n) is 2.88. The molecule has 0 aromatic heterocycles. The summed E-state index contributed by atoms with van der Waals surface area (Å²) in [6.45, 7) is 0. The Morgan fingerprint density at radius 2 is 2.00 bits per heavy atom. The molecule has 0 heterocycles. The van der Waals surface area contributed by atoms with E-state index in [1.54, 1.807) is 7.05 Å². The molecule has 4 nitrogen and oxygen atoms in total. The Morgan fingerprint density at radius 1 is 1.37 bits per heavy atom. The topological polar surface area (TPSA) is 61.4 Å². The summed E-state index contributed by atoms with van der Waals surface area (Å²) in [5.41, 5.74) is 0.969. The lowest BCUT2D eigenvalue weighted by Crippen LogP contribution is -2.38. The van der Waals surface area contributed by atoms with Crippen molar-refractivity contribution in [3.63, 3.8) is 0 Å². The fraction of sp³-hybridized carbons (Fsp3) is 0.769. The third-order valence-corrected chi connectivity index (χ3v) is 4.08. The van der Waals surface area contributed by atoms with Crippen LogP contribution in [0.4, 0.5) is 13.6 Å². The molecule has 0 aliphatic heterocycles. The lowest BCUT2D eigenvalue weighted by atomic mass is 9.71. The zero-order chi connectivity index (χ0) is 14.0. The van der Waals surface area contributed by atoms with Gasteiger partial charge in [0.1, 0.15) is 5.82 Å². The van der Waals surface area contributed by atoms with Gasteiger partial charge in [-0.05, 0) is 36.7 Å². The van der Waals surface area contributed by atoms with Gasteiger partial charge in [-0.25, -0.2) is 13.6 Å². The molecule has 0 unspecified atom stereocenters. The highest BCUT2D eigenvalue weighted by Crippen LogP contribution is 2.48. The van der Waals surface area contributed by atoms with E-state index >= 15 is 0 Å². The average molecular weight is 274 g/mol. The molecular weight excluding hydrogens is 254 g/mol. The van der Waals surface area contributed by atoms with Crippen molar-refractivity contribution >= 4 is 6.09 Å². The maximum Gasteiger partial charge on any atom is 0.410 e. The lowest BCUT2D eigenvalue weighted by molar-refractivity contribution is -0.110. The van der Waals surface area contributed by atoms with E-state index < -0.39 is 12.0 Å². The second-order valence-corrected chi connectivity index (χ2v) is 5.54. The van der Waals surface area contributed by atoms with Crippen molar-refractivity contribution in [2.45, 2.75) is 44.4 Å². The summed E-state index contributed by atoms with van der Waals surface area (Å²) in [6.07, 6.45) is 2.45. The second-order valence-electron chi connectivity index (χ2n) is 5.54. The first-order chi connectivity index (χ1) is 8.91. The normalized spacial score (nSPS) is 23.9. The Balaban J connectivity index is 2.06. The Kier molecular flexibility index (Phi) is 3.96. The largest absolute Gasteiger partial charge is 0.465 e. The van der Waals surface area contributed by atoms with Crippen LogP contribution in [0.15, 0.2) is 11.4 Å². The van der Waals surface area contributed by atoms with E-state index in [4.69, 9.17) is 5.11 Å². The maximum atomic E-state index is 12.9. The van der Waals surface area contributed by atoms with Gasteiger partial charge in [-0.2, -0.15) is 0 Å². The number of carboxylic acid groups (broad SMARTS) is 1. The summed E-state index contributed by atoms with van der Waals surface area (Å²) < 4.78 is 25.8. The molecule has 0 radical (unpaired) electrons. The van der Waals surface area contributed by atoms with Crippen LogP contribution in [0.25, 0.3) is 0 Å². The summed E-state index contributed by atoms with van der Waals surface area (Å²) in [5.74, 6) is -1.73. The van der Waals surface area contributed by atoms with Gasteiger partial charge in [-0.1, -0.05) is 6.42 Å². The first-order valence-corrected chi connectivity index (χ1v) is 6.70. The van der Waals surface area contributed by atoms with Gasteiger partial charge >= 0.3 is 6.09 Å². The number of nitrogens with one attached hydrogen (secondary N) is 2. The first kappa shape index (κ1) is 14.1. The van der Waals surface area contributed by atoms with Gasteiger partial charge in [0.2, 0.25) is 5.92 Å². The average Bonchev–Trinajstić information content (AvgIpc) is 2.19.